The van der Waals surface area contributed by atoms with Crippen molar-refractivity contribution in [2.45, 2.75) is 72.1 Å². The van der Waals surface area contributed by atoms with Crippen LogP contribution in [0.5, 0.6) is 0 Å². The van der Waals surface area contributed by atoms with Crippen LogP contribution >= 0.6 is 0 Å². The predicted octanol–water partition coefficient (Wildman–Crippen LogP) is 2.53. The summed E-state index contributed by atoms with van der Waals surface area (Å²) >= 11 is 0. The molecule has 0 radical (unpaired) electrons. The van der Waals surface area contributed by atoms with Crippen molar-refractivity contribution in [1.82, 2.24) is 20.5 Å². The summed E-state index contributed by atoms with van der Waals surface area (Å²) in [4.78, 5) is 11.4. The summed E-state index contributed by atoms with van der Waals surface area (Å²) in [6.07, 6.45) is 3.51. The molecule has 154 valence electrons. The highest BCUT2D eigenvalue weighted by Crippen LogP contribution is 2.22. The molecule has 0 saturated carbocycles. The quantitative estimate of drug-likeness (QED) is 0.431. The van der Waals surface area contributed by atoms with Gasteiger partial charge in [0, 0.05) is 38.1 Å². The highest BCUT2D eigenvalue weighted by Gasteiger charge is 2.21. The van der Waals surface area contributed by atoms with E-state index < -0.39 is 0 Å². The van der Waals surface area contributed by atoms with Crippen molar-refractivity contribution in [3.8, 4) is 0 Å². The van der Waals surface area contributed by atoms with E-state index in [0.29, 0.717) is 24.6 Å². The summed E-state index contributed by atoms with van der Waals surface area (Å²) in [5.41, 5.74) is -0.0355. The van der Waals surface area contributed by atoms with Gasteiger partial charge in [-0.15, -0.1) is 0 Å². The maximum atomic E-state index is 5.81. The minimum absolute atomic E-state index is 0.0355. The molecule has 1 aliphatic heterocycles. The topological polar surface area (TPSA) is 74.9 Å². The van der Waals surface area contributed by atoms with Gasteiger partial charge in [0.15, 0.2) is 5.96 Å². The van der Waals surface area contributed by atoms with E-state index in [1.165, 1.54) is 0 Å². The summed E-state index contributed by atoms with van der Waals surface area (Å²) in [7, 11) is 0. The zero-order valence-corrected chi connectivity index (χ0v) is 17.8. The molecule has 0 amide bonds. The minimum Gasteiger partial charge on any atom is -0.443 e. The first-order valence-corrected chi connectivity index (χ1v) is 10.1. The third-order valence-corrected chi connectivity index (χ3v) is 4.45. The number of aromatic nitrogens is 1. The third-order valence-electron chi connectivity index (χ3n) is 4.45. The van der Waals surface area contributed by atoms with Crippen LogP contribution < -0.4 is 10.6 Å². The molecule has 0 aromatic carbocycles. The lowest BCUT2D eigenvalue weighted by Crippen LogP contribution is -2.46. The van der Waals surface area contributed by atoms with Crippen molar-refractivity contribution >= 4 is 5.96 Å². The Kier molecular flexibility index (Phi) is 8.10. The van der Waals surface area contributed by atoms with E-state index in [9.17, 15) is 0 Å². The molecule has 7 heteroatoms. The molecular formula is C20H37N5O2. The molecule has 1 aromatic rings. The molecule has 7 nitrogen and oxygen atoms in total. The maximum Gasteiger partial charge on any atom is 0.216 e. The molecule has 0 spiro atoms. The summed E-state index contributed by atoms with van der Waals surface area (Å²) in [6.45, 7) is 17.9. The summed E-state index contributed by atoms with van der Waals surface area (Å²) in [6, 6.07) is 0. The monoisotopic (exact) mass is 379 g/mol. The van der Waals surface area contributed by atoms with Gasteiger partial charge in [0.1, 0.15) is 12.3 Å². The normalized spacial score (nSPS) is 22.1. The zero-order valence-electron chi connectivity index (χ0n) is 17.8. The van der Waals surface area contributed by atoms with Gasteiger partial charge in [0.25, 0.3) is 0 Å². The van der Waals surface area contributed by atoms with Crippen LogP contribution in [0.2, 0.25) is 0 Å². The van der Waals surface area contributed by atoms with E-state index in [4.69, 9.17) is 9.15 Å². The van der Waals surface area contributed by atoms with Gasteiger partial charge in [0.2, 0.25) is 5.89 Å². The zero-order chi connectivity index (χ0) is 19.9. The molecule has 0 bridgehead atoms. The molecule has 2 heterocycles. The van der Waals surface area contributed by atoms with E-state index in [0.717, 1.165) is 50.9 Å². The predicted molar refractivity (Wildman–Crippen MR) is 109 cm³/mol. The second kappa shape index (κ2) is 10.1. The first-order chi connectivity index (χ1) is 12.8. The SMILES string of the molecule is CCNC(=NCc1ncc(C(C)(C)C)o1)NCCCN1CC(C)OC(C)C1. The number of oxazole rings is 1. The first-order valence-electron chi connectivity index (χ1n) is 10.1. The highest BCUT2D eigenvalue weighted by atomic mass is 16.5. The Morgan fingerprint density at radius 2 is 1.96 bits per heavy atom. The molecule has 2 N–H and O–H groups in total. The Bertz CT molecular complexity index is 583. The lowest BCUT2D eigenvalue weighted by Gasteiger charge is -2.35. The van der Waals surface area contributed by atoms with Gasteiger partial charge in [-0.1, -0.05) is 20.8 Å². The lowest BCUT2D eigenvalue weighted by atomic mass is 9.94. The molecule has 0 aliphatic carbocycles. The summed E-state index contributed by atoms with van der Waals surface area (Å²) in [5, 5.41) is 6.68. The number of guanidine groups is 1. The Morgan fingerprint density at radius 3 is 2.56 bits per heavy atom. The molecular weight excluding hydrogens is 342 g/mol. The number of hydrogen-bond donors (Lipinski definition) is 2. The van der Waals surface area contributed by atoms with Crippen LogP contribution in [0.15, 0.2) is 15.6 Å². The van der Waals surface area contributed by atoms with Crippen LogP contribution in [0.3, 0.4) is 0 Å². The van der Waals surface area contributed by atoms with Crippen molar-refractivity contribution in [2.24, 2.45) is 4.99 Å². The average molecular weight is 380 g/mol. The number of nitrogens with zero attached hydrogens (tertiary/aromatic N) is 3. The van der Waals surface area contributed by atoms with Crippen molar-refractivity contribution in [2.75, 3.05) is 32.7 Å². The Labute approximate surface area is 164 Å². The smallest absolute Gasteiger partial charge is 0.216 e. The van der Waals surface area contributed by atoms with E-state index in [-0.39, 0.29) is 5.41 Å². The number of ether oxygens (including phenoxy) is 1. The largest absolute Gasteiger partial charge is 0.443 e. The molecule has 1 saturated heterocycles. The minimum atomic E-state index is -0.0355. The molecule has 2 unspecified atom stereocenters. The molecule has 2 rings (SSSR count). The molecule has 1 aromatic heterocycles. The van der Waals surface area contributed by atoms with Crippen molar-refractivity contribution < 1.29 is 9.15 Å². The van der Waals surface area contributed by atoms with Crippen molar-refractivity contribution in [3.05, 3.63) is 17.8 Å². The fraction of sp³-hybridized carbons (Fsp3) is 0.800. The van der Waals surface area contributed by atoms with Crippen LogP contribution in [0.4, 0.5) is 0 Å². The van der Waals surface area contributed by atoms with Gasteiger partial charge in [-0.25, -0.2) is 9.98 Å². The first kappa shape index (κ1) is 21.7. The summed E-state index contributed by atoms with van der Waals surface area (Å²) in [5.74, 6) is 2.34. The van der Waals surface area contributed by atoms with Gasteiger partial charge in [-0.05, 0) is 27.2 Å². The van der Waals surface area contributed by atoms with E-state index in [2.05, 4.69) is 67.1 Å². The van der Waals surface area contributed by atoms with E-state index >= 15 is 0 Å². The number of morpholine rings is 1. The van der Waals surface area contributed by atoms with Gasteiger partial charge >= 0.3 is 0 Å². The number of rotatable bonds is 7. The van der Waals surface area contributed by atoms with Crippen molar-refractivity contribution in [3.63, 3.8) is 0 Å². The van der Waals surface area contributed by atoms with Crippen LogP contribution in [0.25, 0.3) is 0 Å². The van der Waals surface area contributed by atoms with Gasteiger partial charge in [-0.3, -0.25) is 4.90 Å². The standard InChI is InChI=1S/C20H37N5O2/c1-7-21-19(24-12-18-23-11-17(27-18)20(4,5)6)22-9-8-10-25-13-15(2)26-16(3)14-25/h11,15-16H,7-10,12-14H2,1-6H3,(H2,21,22,24). The molecule has 2 atom stereocenters. The maximum absolute atomic E-state index is 5.81. The van der Waals surface area contributed by atoms with E-state index in [1.54, 1.807) is 6.20 Å². The highest BCUT2D eigenvalue weighted by molar-refractivity contribution is 5.79. The number of aliphatic imine (C=N–C) groups is 1. The van der Waals surface area contributed by atoms with Crippen molar-refractivity contribution in [1.29, 1.82) is 0 Å². The Hall–Kier alpha value is -1.60. The lowest BCUT2D eigenvalue weighted by molar-refractivity contribution is -0.0679. The van der Waals surface area contributed by atoms with Gasteiger partial charge < -0.3 is 19.8 Å². The molecule has 1 fully saturated rings. The molecule has 1 aliphatic rings. The van der Waals surface area contributed by atoms with Crippen LogP contribution in [0, 0.1) is 0 Å². The Morgan fingerprint density at radius 1 is 1.26 bits per heavy atom. The average Bonchev–Trinajstić information content (AvgIpc) is 3.05. The number of hydrogen-bond acceptors (Lipinski definition) is 5. The Balaban J connectivity index is 1.77. The van der Waals surface area contributed by atoms with Crippen LogP contribution in [-0.2, 0) is 16.7 Å². The summed E-state index contributed by atoms with van der Waals surface area (Å²) < 4.78 is 11.6. The molecule has 27 heavy (non-hydrogen) atoms. The van der Waals surface area contributed by atoms with Gasteiger partial charge in [-0.2, -0.15) is 0 Å². The second-order valence-electron chi connectivity index (χ2n) is 8.36. The fourth-order valence-corrected chi connectivity index (χ4v) is 3.19. The second-order valence-corrected chi connectivity index (χ2v) is 8.36. The van der Waals surface area contributed by atoms with E-state index in [1.807, 2.05) is 0 Å². The van der Waals surface area contributed by atoms with Crippen LogP contribution in [-0.4, -0.2) is 60.8 Å². The van der Waals surface area contributed by atoms with Crippen LogP contribution in [0.1, 0.15) is 59.6 Å². The van der Waals surface area contributed by atoms with Gasteiger partial charge in [0.05, 0.1) is 18.4 Å². The third kappa shape index (κ3) is 7.50. The fourth-order valence-electron chi connectivity index (χ4n) is 3.19. The number of nitrogens with one attached hydrogen (secondary N) is 2.